The third-order valence-electron chi connectivity index (χ3n) is 9.24. The topological polar surface area (TPSA) is 94.7 Å². The van der Waals surface area contributed by atoms with Crippen molar-refractivity contribution in [2.45, 2.75) is 32.1 Å². The summed E-state index contributed by atoms with van der Waals surface area (Å²) < 4.78 is 34.1. The molecule has 1 aliphatic heterocycles. The SMILES string of the molecule is CC1(C)C(/C=C/c2ccc(C(=C(c3ccccc3)c3ccccc3)c3ccccc3)cc2)=[N+](CCCCS(=O)(=O)O)c2ccc(C(=O)O)cc21. The molecule has 6 rings (SSSR count). The van der Waals surface area contributed by atoms with Crippen LogP contribution in [0.25, 0.3) is 17.2 Å². The zero-order valence-corrected chi connectivity index (χ0v) is 29.0. The summed E-state index contributed by atoms with van der Waals surface area (Å²) in [6.07, 6.45) is 4.98. The summed E-state index contributed by atoms with van der Waals surface area (Å²) >= 11 is 0. The van der Waals surface area contributed by atoms with Gasteiger partial charge in [-0.1, -0.05) is 115 Å². The molecule has 1 aliphatic rings. The molecule has 1 heterocycles. The van der Waals surface area contributed by atoms with Crippen LogP contribution in [-0.2, 0) is 15.5 Å². The second-order valence-electron chi connectivity index (χ2n) is 13.0. The Hall–Kier alpha value is -5.37. The predicted molar refractivity (Wildman–Crippen MR) is 202 cm³/mol. The lowest BCUT2D eigenvalue weighted by Crippen LogP contribution is -2.28. The van der Waals surface area contributed by atoms with Gasteiger partial charge in [0.15, 0.2) is 5.71 Å². The van der Waals surface area contributed by atoms with Gasteiger partial charge in [-0.3, -0.25) is 4.55 Å². The van der Waals surface area contributed by atoms with Crippen molar-refractivity contribution in [2.75, 3.05) is 12.3 Å². The number of benzene rings is 5. The molecule has 0 atom stereocenters. The summed E-state index contributed by atoms with van der Waals surface area (Å²) in [6.45, 7) is 4.66. The third-order valence-corrected chi connectivity index (χ3v) is 10.0. The molecular weight excluding hydrogens is 643 g/mol. The number of carboxylic acid groups (broad SMARTS) is 1. The maximum Gasteiger partial charge on any atom is 0.335 e. The van der Waals surface area contributed by atoms with Crippen LogP contribution in [0.15, 0.2) is 140 Å². The molecule has 252 valence electrons. The highest BCUT2D eigenvalue weighted by Crippen LogP contribution is 2.41. The van der Waals surface area contributed by atoms with Crippen LogP contribution < -0.4 is 0 Å². The van der Waals surface area contributed by atoms with Crippen LogP contribution in [0.4, 0.5) is 5.69 Å². The van der Waals surface area contributed by atoms with Crippen LogP contribution in [-0.4, -0.2) is 46.6 Å². The van der Waals surface area contributed by atoms with Crippen molar-refractivity contribution in [3.63, 3.8) is 0 Å². The van der Waals surface area contributed by atoms with E-state index in [9.17, 15) is 22.9 Å². The lowest BCUT2D eigenvalue weighted by Gasteiger charge is -2.18. The number of allylic oxidation sites excluding steroid dienone is 1. The fourth-order valence-electron chi connectivity index (χ4n) is 6.76. The molecule has 0 bridgehead atoms. The third kappa shape index (κ3) is 7.59. The minimum atomic E-state index is -4.05. The Balaban J connectivity index is 1.40. The van der Waals surface area contributed by atoms with Crippen molar-refractivity contribution in [1.82, 2.24) is 0 Å². The Bertz CT molecular complexity index is 2160. The van der Waals surface area contributed by atoms with Crippen molar-refractivity contribution in [1.29, 1.82) is 0 Å². The molecular formula is C43H40NO5S+. The first-order valence-corrected chi connectivity index (χ1v) is 18.3. The molecule has 0 spiro atoms. The Morgan fingerprint density at radius 1 is 0.660 bits per heavy atom. The molecule has 6 nitrogen and oxygen atoms in total. The fraction of sp³-hybridized carbons (Fsp3) is 0.163. The van der Waals surface area contributed by atoms with Crippen LogP contribution in [0.3, 0.4) is 0 Å². The monoisotopic (exact) mass is 682 g/mol. The van der Waals surface area contributed by atoms with Gasteiger partial charge in [-0.05, 0) is 77.4 Å². The molecule has 0 aromatic heterocycles. The highest BCUT2D eigenvalue weighted by Gasteiger charge is 2.44. The van der Waals surface area contributed by atoms with Crippen LogP contribution >= 0.6 is 0 Å². The van der Waals surface area contributed by atoms with E-state index in [1.54, 1.807) is 12.1 Å². The highest BCUT2D eigenvalue weighted by molar-refractivity contribution is 7.85. The Labute approximate surface area is 294 Å². The highest BCUT2D eigenvalue weighted by atomic mass is 32.2. The summed E-state index contributed by atoms with van der Waals surface area (Å²) in [5, 5.41) is 9.70. The van der Waals surface area contributed by atoms with Gasteiger partial charge < -0.3 is 5.11 Å². The van der Waals surface area contributed by atoms with E-state index in [0.717, 1.165) is 55.9 Å². The first kappa shape index (κ1) is 34.5. The number of carboxylic acids is 1. The average molecular weight is 683 g/mol. The number of hydrogen-bond donors (Lipinski definition) is 2. The second kappa shape index (κ2) is 14.6. The van der Waals surface area contributed by atoms with E-state index in [4.69, 9.17) is 0 Å². The van der Waals surface area contributed by atoms with Gasteiger partial charge in [-0.15, -0.1) is 0 Å². The van der Waals surface area contributed by atoms with Crippen molar-refractivity contribution < 1.29 is 27.4 Å². The van der Waals surface area contributed by atoms with Gasteiger partial charge in [0.25, 0.3) is 10.1 Å². The molecule has 50 heavy (non-hydrogen) atoms. The number of unbranched alkanes of at least 4 members (excludes halogenated alkanes) is 1. The van der Waals surface area contributed by atoms with Gasteiger partial charge in [0.2, 0.25) is 5.69 Å². The molecule has 5 aromatic rings. The minimum Gasteiger partial charge on any atom is -0.478 e. The largest absolute Gasteiger partial charge is 0.478 e. The molecule has 0 amide bonds. The van der Waals surface area contributed by atoms with Crippen molar-refractivity contribution in [2.24, 2.45) is 0 Å². The van der Waals surface area contributed by atoms with Crippen molar-refractivity contribution >= 4 is 44.7 Å². The Kier molecular flexibility index (Phi) is 10.1. The van der Waals surface area contributed by atoms with Crippen LogP contribution in [0.1, 0.15) is 70.4 Å². The van der Waals surface area contributed by atoms with Crippen LogP contribution in [0.2, 0.25) is 0 Å². The Morgan fingerprint density at radius 2 is 1.14 bits per heavy atom. The van der Waals surface area contributed by atoms with Gasteiger partial charge >= 0.3 is 5.97 Å². The smallest absolute Gasteiger partial charge is 0.335 e. The summed E-state index contributed by atoms with van der Waals surface area (Å²) in [6, 6.07) is 45.0. The molecule has 0 unspecified atom stereocenters. The van der Waals surface area contributed by atoms with Gasteiger partial charge in [-0.25, -0.2) is 4.79 Å². The summed E-state index contributed by atoms with van der Waals surface area (Å²) in [5.74, 6) is -1.29. The maximum absolute atomic E-state index is 11.8. The van der Waals surface area contributed by atoms with Crippen molar-refractivity contribution in [3.8, 4) is 0 Å². The van der Waals surface area contributed by atoms with E-state index in [1.165, 1.54) is 0 Å². The zero-order valence-electron chi connectivity index (χ0n) is 28.2. The van der Waals surface area contributed by atoms with E-state index in [1.807, 2.05) is 24.3 Å². The van der Waals surface area contributed by atoms with E-state index in [0.29, 0.717) is 19.4 Å². The first-order chi connectivity index (χ1) is 24.0. The predicted octanol–water partition coefficient (Wildman–Crippen LogP) is 9.15. The number of aromatic carboxylic acids is 1. The Morgan fingerprint density at radius 3 is 1.62 bits per heavy atom. The van der Waals surface area contributed by atoms with Crippen LogP contribution in [0.5, 0.6) is 0 Å². The average Bonchev–Trinajstić information content (AvgIpc) is 3.33. The minimum absolute atomic E-state index is 0.219. The molecule has 7 heteroatoms. The fourth-order valence-corrected chi connectivity index (χ4v) is 7.33. The normalized spacial score (nSPS) is 13.7. The van der Waals surface area contributed by atoms with Gasteiger partial charge in [0.1, 0.15) is 6.54 Å². The number of hydrogen-bond acceptors (Lipinski definition) is 3. The molecule has 0 radical (unpaired) electrons. The van der Waals surface area contributed by atoms with E-state index in [2.05, 4.69) is 128 Å². The molecule has 0 fully saturated rings. The number of rotatable bonds is 12. The van der Waals surface area contributed by atoms with Gasteiger partial charge in [0.05, 0.1) is 16.7 Å². The molecule has 2 N–H and O–H groups in total. The zero-order chi connectivity index (χ0) is 35.3. The van der Waals surface area contributed by atoms with Crippen molar-refractivity contribution in [3.05, 3.63) is 178 Å². The van der Waals surface area contributed by atoms with E-state index in [-0.39, 0.29) is 11.3 Å². The standard InChI is InChI=1S/C43H39NO5S/c1-43(2)37-30-36(42(45)46)25-26-38(37)44(28-12-13-29-50(47,48)49)39(43)27-22-31-20-23-35(24-21-31)41(34-18-10-5-11-19-34)40(32-14-6-3-7-15-32)33-16-8-4-9-17-33/h3-11,14-27,30H,12-13,28-29H2,1-2H3,(H-,45,46,47,48,49)/p+1/b27-22+. The molecule has 0 aliphatic carbocycles. The van der Waals surface area contributed by atoms with E-state index < -0.39 is 21.5 Å². The quantitative estimate of drug-likeness (QED) is 0.0593. The number of fused-ring (bicyclic) bond motifs is 1. The summed E-state index contributed by atoms with van der Waals surface area (Å²) in [4.78, 5) is 11.8. The van der Waals surface area contributed by atoms with Crippen LogP contribution in [0, 0.1) is 0 Å². The van der Waals surface area contributed by atoms with E-state index >= 15 is 0 Å². The lowest BCUT2D eigenvalue weighted by molar-refractivity contribution is -0.438. The van der Waals surface area contributed by atoms with Gasteiger partial charge in [0, 0.05) is 24.1 Å². The van der Waals surface area contributed by atoms with Gasteiger partial charge in [-0.2, -0.15) is 13.0 Å². The number of carbonyl (C=O) groups is 1. The summed E-state index contributed by atoms with van der Waals surface area (Å²) in [7, 11) is -4.05. The summed E-state index contributed by atoms with van der Waals surface area (Å²) in [5.41, 5.74) is 10.2. The second-order valence-corrected chi connectivity index (χ2v) is 14.6. The lowest BCUT2D eigenvalue weighted by atomic mass is 9.80. The first-order valence-electron chi connectivity index (χ1n) is 16.7. The number of nitrogens with zero attached hydrogens (tertiary/aromatic N) is 1. The maximum atomic E-state index is 11.8. The molecule has 0 saturated heterocycles. The molecule has 5 aromatic carbocycles. The molecule has 0 saturated carbocycles.